The Bertz CT molecular complexity index is 1080. The molecule has 24 heavy (non-hydrogen) atoms. The fraction of sp³-hybridized carbons (Fsp3) is 0.143. The lowest BCUT2D eigenvalue weighted by Crippen LogP contribution is -2.07. The fourth-order valence-electron chi connectivity index (χ4n) is 2.56. The summed E-state index contributed by atoms with van der Waals surface area (Å²) >= 11 is 6.22. The van der Waals surface area contributed by atoms with E-state index in [1.807, 2.05) is 0 Å². The van der Waals surface area contributed by atoms with Crippen molar-refractivity contribution >= 4 is 28.2 Å². The number of halogens is 4. The molecule has 0 amide bonds. The molecule has 0 aliphatic heterocycles. The van der Waals surface area contributed by atoms with E-state index in [0.29, 0.717) is 27.4 Å². The quantitative estimate of drug-likeness (QED) is 0.567. The number of aromatic nitrogens is 6. The Morgan fingerprint density at radius 1 is 1.25 bits per heavy atom. The maximum absolute atomic E-state index is 12.9. The van der Waals surface area contributed by atoms with E-state index in [4.69, 9.17) is 11.6 Å². The molecular formula is C14H8ClF3N6. The highest BCUT2D eigenvalue weighted by atomic mass is 35.5. The van der Waals surface area contributed by atoms with Crippen LogP contribution in [-0.2, 0) is 6.18 Å². The first kappa shape index (κ1) is 14.9. The molecule has 10 heteroatoms. The van der Waals surface area contributed by atoms with Gasteiger partial charge in [-0.25, -0.2) is 14.5 Å². The van der Waals surface area contributed by atoms with Crippen LogP contribution in [0.1, 0.15) is 11.5 Å². The van der Waals surface area contributed by atoms with Gasteiger partial charge in [-0.2, -0.15) is 18.3 Å². The van der Waals surface area contributed by atoms with E-state index in [9.17, 15) is 13.2 Å². The summed E-state index contributed by atoms with van der Waals surface area (Å²) in [6.45, 7) is 1.69. The molecule has 3 heterocycles. The Labute approximate surface area is 137 Å². The molecule has 0 atom stereocenters. The van der Waals surface area contributed by atoms with E-state index in [2.05, 4.69) is 25.3 Å². The molecule has 0 radical (unpaired) electrons. The second kappa shape index (κ2) is 4.91. The maximum atomic E-state index is 12.9. The van der Waals surface area contributed by atoms with Crippen molar-refractivity contribution in [1.29, 1.82) is 0 Å². The van der Waals surface area contributed by atoms with Gasteiger partial charge in [-0.05, 0) is 24.6 Å². The lowest BCUT2D eigenvalue weighted by atomic mass is 10.0. The molecule has 0 aliphatic rings. The van der Waals surface area contributed by atoms with Gasteiger partial charge in [0, 0.05) is 10.9 Å². The molecule has 1 N–H and O–H groups in total. The van der Waals surface area contributed by atoms with Crippen LogP contribution in [0.5, 0.6) is 0 Å². The van der Waals surface area contributed by atoms with E-state index < -0.39 is 12.0 Å². The van der Waals surface area contributed by atoms with Crippen molar-refractivity contribution in [1.82, 2.24) is 29.8 Å². The smallest absolute Gasteiger partial charge is 0.276 e. The lowest BCUT2D eigenvalue weighted by Gasteiger charge is -2.07. The average molecular weight is 353 g/mol. The second-order valence-corrected chi connectivity index (χ2v) is 5.61. The maximum Gasteiger partial charge on any atom is 0.453 e. The zero-order valence-corrected chi connectivity index (χ0v) is 12.8. The predicted molar refractivity (Wildman–Crippen MR) is 80.6 cm³/mol. The Hall–Kier alpha value is -2.68. The fourth-order valence-corrected chi connectivity index (χ4v) is 2.83. The minimum Gasteiger partial charge on any atom is -0.276 e. The van der Waals surface area contributed by atoms with Gasteiger partial charge >= 0.3 is 6.18 Å². The monoisotopic (exact) mass is 352 g/mol. The summed E-state index contributed by atoms with van der Waals surface area (Å²) in [6.07, 6.45) is -1.85. The zero-order valence-electron chi connectivity index (χ0n) is 12.1. The first-order chi connectivity index (χ1) is 11.3. The number of fused-ring (bicyclic) bond motifs is 2. The average Bonchev–Trinajstić information content (AvgIpc) is 3.12. The van der Waals surface area contributed by atoms with Crippen LogP contribution < -0.4 is 0 Å². The second-order valence-electron chi connectivity index (χ2n) is 5.20. The number of alkyl halides is 3. The molecule has 0 bridgehead atoms. The van der Waals surface area contributed by atoms with Gasteiger partial charge in [0.2, 0.25) is 0 Å². The largest absolute Gasteiger partial charge is 0.453 e. The highest BCUT2D eigenvalue weighted by Gasteiger charge is 2.36. The number of nitrogens with zero attached hydrogens (tertiary/aromatic N) is 5. The molecule has 4 rings (SSSR count). The third kappa shape index (κ3) is 2.20. The molecular weight excluding hydrogens is 345 g/mol. The van der Waals surface area contributed by atoms with Gasteiger partial charge in [0.25, 0.3) is 5.82 Å². The highest BCUT2D eigenvalue weighted by Crippen LogP contribution is 2.34. The summed E-state index contributed by atoms with van der Waals surface area (Å²) in [5.74, 6) is -1.22. The Morgan fingerprint density at radius 2 is 2.04 bits per heavy atom. The molecule has 1 aromatic carbocycles. The number of aryl methyl sites for hydroxylation is 1. The molecule has 0 saturated heterocycles. The predicted octanol–water partition coefficient (Wildman–Crippen LogP) is 3.65. The topological polar surface area (TPSA) is 71.8 Å². The highest BCUT2D eigenvalue weighted by molar-refractivity contribution is 6.35. The van der Waals surface area contributed by atoms with Crippen molar-refractivity contribution in [3.05, 3.63) is 41.2 Å². The van der Waals surface area contributed by atoms with Gasteiger partial charge < -0.3 is 0 Å². The van der Waals surface area contributed by atoms with Crippen LogP contribution in [0, 0.1) is 6.92 Å². The summed E-state index contributed by atoms with van der Waals surface area (Å²) in [7, 11) is 0. The van der Waals surface area contributed by atoms with Gasteiger partial charge in [0.15, 0.2) is 5.65 Å². The van der Waals surface area contributed by atoms with Crippen LogP contribution in [0.3, 0.4) is 0 Å². The number of hydrogen-bond acceptors (Lipinski definition) is 4. The van der Waals surface area contributed by atoms with Gasteiger partial charge in [-0.3, -0.25) is 5.10 Å². The summed E-state index contributed by atoms with van der Waals surface area (Å²) in [4.78, 5) is 7.74. The lowest BCUT2D eigenvalue weighted by molar-refractivity contribution is -0.144. The molecule has 122 valence electrons. The van der Waals surface area contributed by atoms with Crippen molar-refractivity contribution < 1.29 is 13.2 Å². The molecule has 4 aromatic rings. The minimum atomic E-state index is -4.64. The van der Waals surface area contributed by atoms with E-state index in [-0.39, 0.29) is 5.65 Å². The zero-order chi connectivity index (χ0) is 17.1. The minimum absolute atomic E-state index is 0.0636. The van der Waals surface area contributed by atoms with Crippen molar-refractivity contribution in [2.45, 2.75) is 13.1 Å². The first-order valence-corrected chi connectivity index (χ1v) is 7.14. The standard InChI is InChI=1S/C14H8ClF3N6/c1-6-10(7-2-8-4-20-22-11(8)9(15)3-7)12-21-13(14(16,17)18)23-24(12)5-19-6/h2-5H,1H3,(H,20,22). The van der Waals surface area contributed by atoms with E-state index in [0.717, 1.165) is 9.90 Å². The van der Waals surface area contributed by atoms with Gasteiger partial charge in [-0.1, -0.05) is 11.6 Å². The van der Waals surface area contributed by atoms with E-state index >= 15 is 0 Å². The van der Waals surface area contributed by atoms with Crippen LogP contribution in [-0.4, -0.2) is 29.8 Å². The summed E-state index contributed by atoms with van der Waals surface area (Å²) < 4.78 is 39.7. The Kier molecular flexibility index (Phi) is 3.04. The van der Waals surface area contributed by atoms with Gasteiger partial charge in [0.1, 0.15) is 6.33 Å². The molecule has 0 saturated carbocycles. The summed E-state index contributed by atoms with van der Waals surface area (Å²) in [5, 5.41) is 11.3. The van der Waals surface area contributed by atoms with Crippen molar-refractivity contribution in [2.75, 3.05) is 0 Å². The molecule has 0 unspecified atom stereocenters. The van der Waals surface area contributed by atoms with Crippen molar-refractivity contribution in [2.24, 2.45) is 0 Å². The molecule has 3 aromatic heterocycles. The number of aromatic amines is 1. The van der Waals surface area contributed by atoms with Gasteiger partial charge in [0.05, 0.1) is 22.4 Å². The normalized spacial score (nSPS) is 12.4. The molecule has 0 spiro atoms. The van der Waals surface area contributed by atoms with Crippen LogP contribution in [0.4, 0.5) is 13.2 Å². The number of benzene rings is 1. The number of rotatable bonds is 1. The Balaban J connectivity index is 2.03. The van der Waals surface area contributed by atoms with E-state index in [1.165, 1.54) is 6.33 Å². The van der Waals surface area contributed by atoms with Gasteiger partial charge in [-0.15, -0.1) is 5.10 Å². The molecule has 0 fully saturated rings. The van der Waals surface area contributed by atoms with Crippen LogP contribution in [0.2, 0.25) is 5.02 Å². The summed E-state index contributed by atoms with van der Waals surface area (Å²) in [5.41, 5.74) is 2.25. The number of hydrogen-bond donors (Lipinski definition) is 1. The third-order valence-corrected chi connectivity index (χ3v) is 3.92. The third-order valence-electron chi connectivity index (χ3n) is 3.62. The SMILES string of the molecule is Cc1ncn2nc(C(F)(F)F)nc2c1-c1cc(Cl)c2[nH]ncc2c1. The van der Waals surface area contributed by atoms with Crippen LogP contribution >= 0.6 is 11.6 Å². The van der Waals surface area contributed by atoms with Crippen LogP contribution in [0.15, 0.2) is 24.7 Å². The van der Waals surface area contributed by atoms with E-state index in [1.54, 1.807) is 25.3 Å². The van der Waals surface area contributed by atoms with Crippen LogP contribution in [0.25, 0.3) is 27.7 Å². The summed E-state index contributed by atoms with van der Waals surface area (Å²) in [6, 6.07) is 3.39. The molecule has 0 aliphatic carbocycles. The first-order valence-electron chi connectivity index (χ1n) is 6.77. The number of H-pyrrole nitrogens is 1. The number of nitrogens with one attached hydrogen (secondary N) is 1. The Morgan fingerprint density at radius 3 is 2.79 bits per heavy atom. The van der Waals surface area contributed by atoms with Crippen molar-refractivity contribution in [3.63, 3.8) is 0 Å². The van der Waals surface area contributed by atoms with Crippen molar-refractivity contribution in [3.8, 4) is 11.1 Å². The molecule has 6 nitrogen and oxygen atoms in total.